The lowest BCUT2D eigenvalue weighted by atomic mass is 10.0. The van der Waals surface area contributed by atoms with Crippen LogP contribution in [0.25, 0.3) is 0 Å². The Morgan fingerprint density at radius 3 is 2.26 bits per heavy atom. The van der Waals surface area contributed by atoms with Crippen molar-refractivity contribution in [3.63, 3.8) is 0 Å². The number of nitrogens with one attached hydrogen (secondary N) is 1. The van der Waals surface area contributed by atoms with Crippen LogP contribution in [-0.2, 0) is 6.54 Å². The van der Waals surface area contributed by atoms with Crippen LogP contribution in [0.15, 0.2) is 12.1 Å². The summed E-state index contributed by atoms with van der Waals surface area (Å²) in [5.41, 5.74) is 0.519. The Morgan fingerprint density at radius 2 is 1.74 bits per heavy atom. The molecule has 0 fully saturated rings. The van der Waals surface area contributed by atoms with Gasteiger partial charge >= 0.3 is 0 Å². The zero-order chi connectivity index (χ0) is 14.3. The molecule has 1 aromatic rings. The van der Waals surface area contributed by atoms with E-state index in [1.165, 1.54) is 12.1 Å². The number of hydrogen-bond acceptors (Lipinski definition) is 2. The third-order valence-electron chi connectivity index (χ3n) is 3.21. The molecule has 0 bridgehead atoms. The van der Waals surface area contributed by atoms with Crippen molar-refractivity contribution in [2.24, 2.45) is 0 Å². The van der Waals surface area contributed by atoms with E-state index in [1.807, 2.05) is 0 Å². The van der Waals surface area contributed by atoms with E-state index in [4.69, 9.17) is 5.11 Å². The molecule has 19 heavy (non-hydrogen) atoms. The maximum absolute atomic E-state index is 13.2. The number of phenols is 1. The van der Waals surface area contributed by atoms with Crippen molar-refractivity contribution >= 4 is 0 Å². The van der Waals surface area contributed by atoms with Crippen molar-refractivity contribution < 1.29 is 13.9 Å². The van der Waals surface area contributed by atoms with Crippen LogP contribution in [-0.4, -0.2) is 11.1 Å². The van der Waals surface area contributed by atoms with Gasteiger partial charge in [-0.3, -0.25) is 0 Å². The Hall–Kier alpha value is -1.16. The smallest absolute Gasteiger partial charge is 0.187 e. The second kappa shape index (κ2) is 8.10. The fourth-order valence-corrected chi connectivity index (χ4v) is 2.13. The Kier molecular flexibility index (Phi) is 6.78. The Labute approximate surface area is 113 Å². The van der Waals surface area contributed by atoms with E-state index < -0.39 is 17.4 Å². The molecule has 1 rings (SSSR count). The molecule has 1 unspecified atom stereocenters. The minimum absolute atomic E-state index is 0.380. The quantitative estimate of drug-likeness (QED) is 0.745. The third-order valence-corrected chi connectivity index (χ3v) is 3.21. The van der Waals surface area contributed by atoms with Gasteiger partial charge in [0.05, 0.1) is 0 Å². The van der Waals surface area contributed by atoms with E-state index in [2.05, 4.69) is 19.2 Å². The first kappa shape index (κ1) is 15.9. The molecule has 0 amide bonds. The molecule has 0 heterocycles. The maximum Gasteiger partial charge on any atom is 0.187 e. The number of halogens is 2. The van der Waals surface area contributed by atoms with Gasteiger partial charge in [-0.1, -0.05) is 33.1 Å². The molecule has 4 heteroatoms. The van der Waals surface area contributed by atoms with Crippen LogP contribution in [0, 0.1) is 11.6 Å². The predicted molar refractivity (Wildman–Crippen MR) is 73.1 cm³/mol. The maximum atomic E-state index is 13.2. The van der Waals surface area contributed by atoms with Crippen molar-refractivity contribution in [3.8, 4) is 5.75 Å². The monoisotopic (exact) mass is 271 g/mol. The standard InChI is InChI=1S/C15H23F2NO/c1-3-5-7-12(6-4-2)18-10-11-8-13(16)15(19)14(17)9-11/h8-9,12,18-19H,3-7,10H2,1-2H3. The number of phenolic OH excluding ortho intramolecular Hbond substituents is 1. The van der Waals surface area contributed by atoms with Gasteiger partial charge in [0.1, 0.15) is 0 Å². The van der Waals surface area contributed by atoms with Gasteiger partial charge in [-0.2, -0.15) is 0 Å². The van der Waals surface area contributed by atoms with E-state index in [9.17, 15) is 8.78 Å². The summed E-state index contributed by atoms with van der Waals surface area (Å²) in [5, 5.41) is 12.4. The zero-order valence-corrected chi connectivity index (χ0v) is 11.7. The largest absolute Gasteiger partial charge is 0.503 e. The van der Waals surface area contributed by atoms with E-state index >= 15 is 0 Å². The van der Waals surface area contributed by atoms with Crippen LogP contribution < -0.4 is 5.32 Å². The fourth-order valence-electron chi connectivity index (χ4n) is 2.13. The molecular weight excluding hydrogens is 248 g/mol. The second-order valence-electron chi connectivity index (χ2n) is 4.92. The summed E-state index contributed by atoms with van der Waals surface area (Å²) in [4.78, 5) is 0. The molecule has 0 saturated carbocycles. The lowest BCUT2D eigenvalue weighted by Gasteiger charge is -2.18. The fraction of sp³-hybridized carbons (Fsp3) is 0.600. The Balaban J connectivity index is 2.58. The number of hydrogen-bond donors (Lipinski definition) is 2. The molecule has 108 valence electrons. The number of benzene rings is 1. The van der Waals surface area contributed by atoms with E-state index in [0.29, 0.717) is 18.2 Å². The topological polar surface area (TPSA) is 32.3 Å². The number of unbranched alkanes of at least 4 members (excludes halogenated alkanes) is 1. The normalized spacial score (nSPS) is 12.6. The average Bonchev–Trinajstić information content (AvgIpc) is 2.39. The molecule has 0 aromatic heterocycles. The number of aromatic hydroxyl groups is 1. The first-order valence-corrected chi connectivity index (χ1v) is 6.98. The first-order chi connectivity index (χ1) is 9.08. The molecular formula is C15H23F2NO. The van der Waals surface area contributed by atoms with E-state index in [0.717, 1.165) is 32.1 Å². The number of rotatable bonds is 8. The summed E-state index contributed by atoms with van der Waals surface area (Å²) in [7, 11) is 0. The summed E-state index contributed by atoms with van der Waals surface area (Å²) in [6, 6.07) is 2.73. The lowest BCUT2D eigenvalue weighted by molar-refractivity contribution is 0.393. The summed E-state index contributed by atoms with van der Waals surface area (Å²) >= 11 is 0. The van der Waals surface area contributed by atoms with Crippen LogP contribution >= 0.6 is 0 Å². The molecule has 2 nitrogen and oxygen atoms in total. The molecule has 1 atom stereocenters. The van der Waals surface area contributed by atoms with Gasteiger partial charge in [0.25, 0.3) is 0 Å². The van der Waals surface area contributed by atoms with Gasteiger partial charge in [-0.15, -0.1) is 0 Å². The highest BCUT2D eigenvalue weighted by Crippen LogP contribution is 2.21. The van der Waals surface area contributed by atoms with Crippen molar-refractivity contribution in [2.45, 2.75) is 58.5 Å². The van der Waals surface area contributed by atoms with Crippen LogP contribution in [0.2, 0.25) is 0 Å². The molecule has 0 spiro atoms. The van der Waals surface area contributed by atoms with Gasteiger partial charge in [0.2, 0.25) is 0 Å². The third kappa shape index (κ3) is 5.15. The molecule has 2 N–H and O–H groups in total. The SMILES string of the molecule is CCCCC(CCC)NCc1cc(F)c(O)c(F)c1. The summed E-state index contributed by atoms with van der Waals surface area (Å²) in [6.45, 7) is 4.69. The van der Waals surface area contributed by atoms with Crippen molar-refractivity contribution in [1.29, 1.82) is 0 Å². The summed E-state index contributed by atoms with van der Waals surface area (Å²) in [5.74, 6) is -2.71. The van der Waals surface area contributed by atoms with Crippen LogP contribution in [0.5, 0.6) is 5.75 Å². The van der Waals surface area contributed by atoms with Crippen molar-refractivity contribution in [3.05, 3.63) is 29.3 Å². The minimum atomic E-state index is -0.905. The predicted octanol–water partition coefficient (Wildman–Crippen LogP) is 4.12. The Morgan fingerprint density at radius 1 is 1.11 bits per heavy atom. The van der Waals surface area contributed by atoms with Gasteiger partial charge in [-0.05, 0) is 30.5 Å². The van der Waals surface area contributed by atoms with Gasteiger partial charge in [0, 0.05) is 12.6 Å². The second-order valence-corrected chi connectivity index (χ2v) is 4.92. The Bertz CT molecular complexity index is 373. The summed E-state index contributed by atoms with van der Waals surface area (Å²) in [6.07, 6.45) is 5.51. The highest BCUT2D eigenvalue weighted by molar-refractivity contribution is 5.29. The highest BCUT2D eigenvalue weighted by Gasteiger charge is 2.11. The molecule has 0 radical (unpaired) electrons. The first-order valence-electron chi connectivity index (χ1n) is 6.98. The molecule has 0 aliphatic rings. The average molecular weight is 271 g/mol. The zero-order valence-electron chi connectivity index (χ0n) is 11.7. The van der Waals surface area contributed by atoms with Crippen molar-refractivity contribution in [2.75, 3.05) is 0 Å². The molecule has 0 aliphatic heterocycles. The van der Waals surface area contributed by atoms with E-state index in [-0.39, 0.29) is 0 Å². The minimum Gasteiger partial charge on any atom is -0.503 e. The van der Waals surface area contributed by atoms with Gasteiger partial charge in [0.15, 0.2) is 17.4 Å². The van der Waals surface area contributed by atoms with Gasteiger partial charge in [-0.25, -0.2) is 8.78 Å². The molecule has 0 saturated heterocycles. The lowest BCUT2D eigenvalue weighted by Crippen LogP contribution is -2.28. The van der Waals surface area contributed by atoms with E-state index in [1.54, 1.807) is 0 Å². The highest BCUT2D eigenvalue weighted by atomic mass is 19.1. The van der Waals surface area contributed by atoms with Crippen molar-refractivity contribution in [1.82, 2.24) is 5.32 Å². The van der Waals surface area contributed by atoms with Crippen LogP contribution in [0.1, 0.15) is 51.5 Å². The summed E-state index contributed by atoms with van der Waals surface area (Å²) < 4.78 is 26.4. The van der Waals surface area contributed by atoms with Crippen LogP contribution in [0.3, 0.4) is 0 Å². The molecule has 0 aliphatic carbocycles. The molecule has 1 aromatic carbocycles. The van der Waals surface area contributed by atoms with Gasteiger partial charge < -0.3 is 10.4 Å². The van der Waals surface area contributed by atoms with Crippen LogP contribution in [0.4, 0.5) is 8.78 Å².